The fourth-order valence-corrected chi connectivity index (χ4v) is 3.26. The third-order valence-electron chi connectivity index (χ3n) is 2.81. The molecule has 2 N–H and O–H groups in total. The number of carbonyl (C=O) groups is 1. The molecule has 0 saturated carbocycles. The van der Waals surface area contributed by atoms with Crippen molar-refractivity contribution in [3.05, 3.63) is 54.5 Å². The van der Waals surface area contributed by atoms with Crippen LogP contribution in [0.15, 0.2) is 33.5 Å². The van der Waals surface area contributed by atoms with Gasteiger partial charge in [-0.2, -0.15) is 0 Å². The summed E-state index contributed by atoms with van der Waals surface area (Å²) in [6, 6.07) is 7.16. The molecular weight excluding hydrogens is 328 g/mol. The quantitative estimate of drug-likeness (QED) is 0.705. The Kier molecular flexibility index (Phi) is 2.91. The fourth-order valence-electron chi connectivity index (χ4n) is 1.92. The molecule has 2 heterocycles. The van der Waals surface area contributed by atoms with Gasteiger partial charge in [0, 0.05) is 14.9 Å². The van der Waals surface area contributed by atoms with Crippen LogP contribution in [-0.4, -0.2) is 15.8 Å². The number of carbonyl (C=O) groups excluding carboxylic acids is 1. The lowest BCUT2D eigenvalue weighted by atomic mass is 10.1. The van der Waals surface area contributed by atoms with Gasteiger partial charge in [0.1, 0.15) is 0 Å². The molecule has 0 unspecified atom stereocenters. The van der Waals surface area contributed by atoms with Crippen LogP contribution < -0.4 is 5.69 Å². The lowest BCUT2D eigenvalue weighted by Gasteiger charge is -2.02. The lowest BCUT2D eigenvalue weighted by Crippen LogP contribution is -2.00. The van der Waals surface area contributed by atoms with Crippen molar-refractivity contribution < 1.29 is 4.79 Å². The molecule has 4 nitrogen and oxygen atoms in total. The Morgan fingerprint density at radius 3 is 2.53 bits per heavy atom. The van der Waals surface area contributed by atoms with E-state index in [1.807, 2.05) is 19.1 Å². The van der Waals surface area contributed by atoms with Crippen molar-refractivity contribution in [2.75, 3.05) is 0 Å². The Bertz CT molecular complexity index is 844. The molecular formula is C13H9BrN2O2S. The van der Waals surface area contributed by atoms with Crippen LogP contribution in [-0.2, 0) is 0 Å². The molecule has 0 radical (unpaired) electrons. The monoisotopic (exact) mass is 336 g/mol. The Morgan fingerprint density at radius 2 is 1.89 bits per heavy atom. The van der Waals surface area contributed by atoms with Gasteiger partial charge in [-0.15, -0.1) is 11.3 Å². The van der Waals surface area contributed by atoms with Gasteiger partial charge in [-0.1, -0.05) is 0 Å². The maximum atomic E-state index is 12.4. The van der Waals surface area contributed by atoms with Gasteiger partial charge >= 0.3 is 5.69 Å². The normalized spacial score (nSPS) is 11.1. The van der Waals surface area contributed by atoms with E-state index in [2.05, 4.69) is 25.9 Å². The highest BCUT2D eigenvalue weighted by Crippen LogP contribution is 2.26. The molecule has 0 atom stereocenters. The van der Waals surface area contributed by atoms with Crippen LogP contribution in [0.5, 0.6) is 0 Å². The number of H-pyrrole nitrogens is 2. The molecule has 3 rings (SSSR count). The number of aromatic nitrogens is 2. The number of hydrogen-bond donors (Lipinski definition) is 2. The molecule has 0 spiro atoms. The van der Waals surface area contributed by atoms with Crippen molar-refractivity contribution in [2.24, 2.45) is 0 Å². The first-order valence-corrected chi connectivity index (χ1v) is 7.18. The minimum atomic E-state index is -0.279. The molecule has 0 fully saturated rings. The summed E-state index contributed by atoms with van der Waals surface area (Å²) >= 11 is 4.84. The van der Waals surface area contributed by atoms with E-state index in [-0.39, 0.29) is 11.5 Å². The summed E-state index contributed by atoms with van der Waals surface area (Å²) in [7, 11) is 0. The molecule has 19 heavy (non-hydrogen) atoms. The molecule has 0 bridgehead atoms. The molecule has 0 aliphatic heterocycles. The number of aromatic amines is 2. The molecule has 6 heteroatoms. The van der Waals surface area contributed by atoms with E-state index >= 15 is 0 Å². The van der Waals surface area contributed by atoms with Gasteiger partial charge in [0.15, 0.2) is 0 Å². The van der Waals surface area contributed by atoms with Crippen molar-refractivity contribution in [3.8, 4) is 0 Å². The molecule has 96 valence electrons. The van der Waals surface area contributed by atoms with E-state index in [0.717, 1.165) is 4.88 Å². The number of nitrogens with one attached hydrogen (secondary N) is 2. The first kappa shape index (κ1) is 12.4. The summed E-state index contributed by atoms with van der Waals surface area (Å²) in [4.78, 5) is 30.8. The summed E-state index contributed by atoms with van der Waals surface area (Å²) in [5.74, 6) is -0.0473. The van der Waals surface area contributed by atoms with Gasteiger partial charge in [0.2, 0.25) is 5.78 Å². The Labute approximate surface area is 120 Å². The van der Waals surface area contributed by atoms with Crippen LogP contribution in [0.1, 0.15) is 20.1 Å². The fraction of sp³-hybridized carbons (Fsp3) is 0.0769. The number of thiophene rings is 1. The van der Waals surface area contributed by atoms with Crippen molar-refractivity contribution in [3.63, 3.8) is 0 Å². The minimum absolute atomic E-state index is 0.0473. The van der Waals surface area contributed by atoms with Gasteiger partial charge in [0.05, 0.1) is 15.9 Å². The van der Waals surface area contributed by atoms with Crippen molar-refractivity contribution in [1.82, 2.24) is 9.97 Å². The summed E-state index contributed by atoms with van der Waals surface area (Å²) in [6.07, 6.45) is 0. The van der Waals surface area contributed by atoms with Gasteiger partial charge in [-0.05, 0) is 47.1 Å². The highest BCUT2D eigenvalue weighted by Gasteiger charge is 2.16. The van der Waals surface area contributed by atoms with E-state index < -0.39 is 0 Å². The second-order valence-corrected chi connectivity index (χ2v) is 6.34. The summed E-state index contributed by atoms with van der Waals surface area (Å²) in [6.45, 7) is 1.96. The highest BCUT2D eigenvalue weighted by molar-refractivity contribution is 9.10. The topological polar surface area (TPSA) is 65.7 Å². The van der Waals surface area contributed by atoms with Crippen LogP contribution in [0.4, 0.5) is 0 Å². The van der Waals surface area contributed by atoms with Gasteiger partial charge in [-0.25, -0.2) is 4.79 Å². The highest BCUT2D eigenvalue weighted by atomic mass is 79.9. The van der Waals surface area contributed by atoms with Crippen LogP contribution in [0.2, 0.25) is 0 Å². The van der Waals surface area contributed by atoms with Crippen LogP contribution in [0.25, 0.3) is 11.0 Å². The smallest absolute Gasteiger partial charge is 0.306 e. The van der Waals surface area contributed by atoms with Gasteiger partial charge in [0.25, 0.3) is 0 Å². The number of fused-ring (bicyclic) bond motifs is 1. The van der Waals surface area contributed by atoms with Crippen LogP contribution >= 0.6 is 27.3 Å². The average molecular weight is 337 g/mol. The molecule has 3 aromatic rings. The first-order chi connectivity index (χ1) is 9.04. The molecule has 0 saturated heterocycles. The van der Waals surface area contributed by atoms with E-state index in [1.54, 1.807) is 12.1 Å². The van der Waals surface area contributed by atoms with E-state index in [1.165, 1.54) is 11.3 Å². The Morgan fingerprint density at radius 1 is 1.21 bits per heavy atom. The Balaban J connectivity index is 2.16. The predicted octanol–water partition coefficient (Wildman–Crippen LogP) is 3.22. The largest absolute Gasteiger partial charge is 0.323 e. The minimum Gasteiger partial charge on any atom is -0.306 e. The summed E-state index contributed by atoms with van der Waals surface area (Å²) in [5.41, 5.74) is 1.57. The Hall–Kier alpha value is -1.66. The second kappa shape index (κ2) is 4.47. The van der Waals surface area contributed by atoms with Gasteiger partial charge < -0.3 is 9.97 Å². The van der Waals surface area contributed by atoms with E-state index in [4.69, 9.17) is 0 Å². The molecule has 0 aliphatic carbocycles. The average Bonchev–Trinajstić information content (AvgIpc) is 2.92. The number of imidazole rings is 1. The predicted molar refractivity (Wildman–Crippen MR) is 79.1 cm³/mol. The first-order valence-electron chi connectivity index (χ1n) is 5.57. The zero-order valence-corrected chi connectivity index (χ0v) is 12.3. The maximum Gasteiger partial charge on any atom is 0.323 e. The number of benzene rings is 1. The summed E-state index contributed by atoms with van der Waals surface area (Å²) in [5, 5.41) is 0. The standard InChI is InChI=1S/C13H9BrN2O2S/c1-6-2-3-11(19-6)12(17)7-4-9-10(5-8(7)14)16-13(18)15-9/h2-5H,1H3,(H2,15,16,18). The van der Waals surface area contributed by atoms with Crippen molar-refractivity contribution in [2.45, 2.75) is 6.92 Å². The van der Waals surface area contributed by atoms with Crippen molar-refractivity contribution in [1.29, 1.82) is 0 Å². The van der Waals surface area contributed by atoms with E-state index in [9.17, 15) is 9.59 Å². The third-order valence-corrected chi connectivity index (χ3v) is 4.47. The molecule has 1 aromatic carbocycles. The van der Waals surface area contributed by atoms with E-state index in [0.29, 0.717) is 25.9 Å². The number of halogens is 1. The molecule has 0 aliphatic rings. The number of aryl methyl sites for hydroxylation is 1. The number of ketones is 1. The summed E-state index contributed by atoms with van der Waals surface area (Å²) < 4.78 is 0.673. The maximum absolute atomic E-state index is 12.4. The zero-order valence-electron chi connectivity index (χ0n) is 9.91. The molecule has 0 amide bonds. The van der Waals surface area contributed by atoms with Crippen molar-refractivity contribution >= 4 is 44.1 Å². The SMILES string of the molecule is Cc1ccc(C(=O)c2cc3[nH]c(=O)[nH]c3cc2Br)s1. The number of hydrogen-bond acceptors (Lipinski definition) is 3. The third kappa shape index (κ3) is 2.17. The molecule has 2 aromatic heterocycles. The number of rotatable bonds is 2. The second-order valence-electron chi connectivity index (χ2n) is 4.20. The van der Waals surface area contributed by atoms with Gasteiger partial charge in [-0.3, -0.25) is 4.79 Å². The van der Waals surface area contributed by atoms with Crippen LogP contribution in [0.3, 0.4) is 0 Å². The lowest BCUT2D eigenvalue weighted by molar-refractivity contribution is 0.104. The van der Waals surface area contributed by atoms with Crippen LogP contribution in [0, 0.1) is 6.92 Å². The zero-order chi connectivity index (χ0) is 13.6.